The van der Waals surface area contributed by atoms with Crippen LogP contribution in [0.15, 0.2) is 47.1 Å². The fraction of sp³-hybridized carbons (Fsp3) is 0.542. The molecule has 0 radical (unpaired) electrons. The standard InChI is InChI=1S/C24H32O6/c1-14-7-8-22-17(4)24(27)30-23(22)13-16(3)12-21(29-19(6)26)11-15(2)10-20(9-14)28-18(5)25/h9,11,13,20-23H,4,7-8,10,12H2,1-3,5-6H3/b14-9+,15-11+,16-13+/t20-,21-,22-,23+/m0/s1. The highest BCUT2D eigenvalue weighted by atomic mass is 16.6. The van der Waals surface area contributed by atoms with Gasteiger partial charge in [0.15, 0.2) is 0 Å². The Morgan fingerprint density at radius 3 is 1.97 bits per heavy atom. The molecule has 2 rings (SSSR count). The Kier molecular flexibility index (Phi) is 8.21. The summed E-state index contributed by atoms with van der Waals surface area (Å²) in [6.45, 7) is 12.5. The van der Waals surface area contributed by atoms with E-state index in [1.54, 1.807) is 0 Å². The van der Waals surface area contributed by atoms with E-state index in [9.17, 15) is 14.4 Å². The molecule has 164 valence electrons. The van der Waals surface area contributed by atoms with Crippen LogP contribution in [0.5, 0.6) is 0 Å². The first-order valence-electron chi connectivity index (χ1n) is 10.3. The highest BCUT2D eigenvalue weighted by molar-refractivity contribution is 5.91. The van der Waals surface area contributed by atoms with Crippen LogP contribution in [0, 0.1) is 5.92 Å². The maximum Gasteiger partial charge on any atom is 0.334 e. The first-order chi connectivity index (χ1) is 14.0. The zero-order valence-electron chi connectivity index (χ0n) is 18.5. The van der Waals surface area contributed by atoms with Gasteiger partial charge in [-0.15, -0.1) is 0 Å². The molecule has 0 saturated carbocycles. The van der Waals surface area contributed by atoms with Crippen molar-refractivity contribution in [2.75, 3.05) is 0 Å². The summed E-state index contributed by atoms with van der Waals surface area (Å²) in [6, 6.07) is 0. The maximum absolute atomic E-state index is 12.1. The van der Waals surface area contributed by atoms with Crippen LogP contribution in [0.3, 0.4) is 0 Å². The highest BCUT2D eigenvalue weighted by Crippen LogP contribution is 2.34. The van der Waals surface area contributed by atoms with Crippen molar-refractivity contribution in [2.45, 2.75) is 78.6 Å². The minimum Gasteiger partial charge on any atom is -0.458 e. The molecule has 0 spiro atoms. The van der Waals surface area contributed by atoms with Crippen molar-refractivity contribution in [1.82, 2.24) is 0 Å². The van der Waals surface area contributed by atoms with E-state index >= 15 is 0 Å². The number of esters is 3. The van der Waals surface area contributed by atoms with E-state index in [1.165, 1.54) is 13.8 Å². The van der Waals surface area contributed by atoms with E-state index in [0.717, 1.165) is 23.1 Å². The Morgan fingerprint density at radius 2 is 1.43 bits per heavy atom. The molecule has 0 aromatic carbocycles. The largest absolute Gasteiger partial charge is 0.458 e. The second-order valence-corrected chi connectivity index (χ2v) is 8.28. The lowest BCUT2D eigenvalue weighted by molar-refractivity contribution is -0.144. The molecule has 1 saturated heterocycles. The van der Waals surface area contributed by atoms with Gasteiger partial charge in [0.2, 0.25) is 0 Å². The molecule has 1 aliphatic heterocycles. The molecule has 1 fully saturated rings. The van der Waals surface area contributed by atoms with Crippen LogP contribution in [0.2, 0.25) is 0 Å². The molecule has 6 nitrogen and oxygen atoms in total. The Hall–Kier alpha value is -2.63. The van der Waals surface area contributed by atoms with Crippen LogP contribution in [0.25, 0.3) is 0 Å². The number of rotatable bonds is 2. The van der Waals surface area contributed by atoms with Gasteiger partial charge in [-0.2, -0.15) is 0 Å². The van der Waals surface area contributed by atoms with Crippen LogP contribution in [0.1, 0.15) is 60.3 Å². The maximum atomic E-state index is 12.1. The summed E-state index contributed by atoms with van der Waals surface area (Å²) in [5.74, 6) is -1.21. The van der Waals surface area contributed by atoms with Crippen LogP contribution in [-0.2, 0) is 28.6 Å². The Morgan fingerprint density at radius 1 is 0.933 bits per heavy atom. The lowest BCUT2D eigenvalue weighted by Gasteiger charge is -2.21. The van der Waals surface area contributed by atoms with Crippen molar-refractivity contribution < 1.29 is 28.6 Å². The number of ether oxygens (including phenoxy) is 3. The lowest BCUT2D eigenvalue weighted by Crippen LogP contribution is -2.20. The van der Waals surface area contributed by atoms with E-state index in [0.29, 0.717) is 24.8 Å². The molecule has 0 amide bonds. The van der Waals surface area contributed by atoms with Crippen LogP contribution >= 0.6 is 0 Å². The molecule has 0 aromatic rings. The van der Waals surface area contributed by atoms with Gasteiger partial charge in [0.1, 0.15) is 18.3 Å². The Bertz CT molecular complexity index is 801. The minimum atomic E-state index is -0.455. The summed E-state index contributed by atoms with van der Waals surface area (Å²) < 4.78 is 16.5. The van der Waals surface area contributed by atoms with Crippen LogP contribution in [0.4, 0.5) is 0 Å². The summed E-state index contributed by atoms with van der Waals surface area (Å²) in [4.78, 5) is 35.3. The summed E-state index contributed by atoms with van der Waals surface area (Å²) in [6.07, 6.45) is 6.97. The van der Waals surface area contributed by atoms with Gasteiger partial charge in [-0.3, -0.25) is 9.59 Å². The van der Waals surface area contributed by atoms with Crippen molar-refractivity contribution in [3.63, 3.8) is 0 Å². The van der Waals surface area contributed by atoms with E-state index < -0.39 is 12.2 Å². The fourth-order valence-corrected chi connectivity index (χ4v) is 3.97. The molecular weight excluding hydrogens is 384 g/mol. The number of fused-ring (bicyclic) bond motifs is 1. The van der Waals surface area contributed by atoms with Crippen molar-refractivity contribution in [1.29, 1.82) is 0 Å². The summed E-state index contributed by atoms with van der Waals surface area (Å²) in [5, 5.41) is 0. The Labute approximate surface area is 178 Å². The topological polar surface area (TPSA) is 78.9 Å². The average Bonchev–Trinajstić information content (AvgIpc) is 2.84. The second kappa shape index (κ2) is 10.4. The first kappa shape index (κ1) is 23.6. The lowest BCUT2D eigenvalue weighted by atomic mass is 9.88. The van der Waals surface area contributed by atoms with Crippen LogP contribution < -0.4 is 0 Å². The van der Waals surface area contributed by atoms with Crippen LogP contribution in [-0.4, -0.2) is 36.2 Å². The molecule has 0 aromatic heterocycles. The molecule has 1 heterocycles. The second-order valence-electron chi connectivity index (χ2n) is 8.28. The quantitative estimate of drug-likeness (QED) is 0.288. The van der Waals surface area contributed by atoms with E-state index in [4.69, 9.17) is 14.2 Å². The fourth-order valence-electron chi connectivity index (χ4n) is 3.97. The highest BCUT2D eigenvalue weighted by Gasteiger charge is 2.37. The van der Waals surface area contributed by atoms with Gasteiger partial charge in [-0.1, -0.05) is 23.3 Å². The molecule has 6 heteroatoms. The molecule has 2 aliphatic rings. The van der Waals surface area contributed by atoms with E-state index in [-0.39, 0.29) is 29.9 Å². The summed E-state index contributed by atoms with van der Waals surface area (Å²) >= 11 is 0. The molecule has 1 aliphatic carbocycles. The number of carbonyl (C=O) groups is 3. The summed E-state index contributed by atoms with van der Waals surface area (Å²) in [5.41, 5.74) is 3.46. The predicted octanol–water partition coefficient (Wildman–Crippen LogP) is 4.36. The van der Waals surface area contributed by atoms with E-state index in [1.807, 2.05) is 39.0 Å². The molecule has 0 bridgehead atoms. The van der Waals surface area contributed by atoms with Crippen molar-refractivity contribution >= 4 is 17.9 Å². The number of hydrogen-bond donors (Lipinski definition) is 0. The first-order valence-corrected chi connectivity index (χ1v) is 10.3. The summed E-state index contributed by atoms with van der Waals surface area (Å²) in [7, 11) is 0. The Balaban J connectivity index is 2.41. The van der Waals surface area contributed by atoms with Gasteiger partial charge in [0.25, 0.3) is 0 Å². The van der Waals surface area contributed by atoms with E-state index in [2.05, 4.69) is 6.58 Å². The van der Waals surface area contributed by atoms with Crippen molar-refractivity contribution in [3.05, 3.63) is 47.1 Å². The van der Waals surface area contributed by atoms with Gasteiger partial charge in [0.05, 0.1) is 0 Å². The molecular formula is C24H32O6. The molecule has 30 heavy (non-hydrogen) atoms. The normalized spacial score (nSPS) is 33.4. The average molecular weight is 417 g/mol. The van der Waals surface area contributed by atoms with Crippen molar-refractivity contribution in [2.24, 2.45) is 5.92 Å². The van der Waals surface area contributed by atoms with Gasteiger partial charge in [0, 0.05) is 38.2 Å². The van der Waals surface area contributed by atoms with Gasteiger partial charge >= 0.3 is 17.9 Å². The number of carbonyl (C=O) groups excluding carboxylic acids is 3. The number of hydrogen-bond acceptors (Lipinski definition) is 6. The third-order valence-electron chi connectivity index (χ3n) is 5.27. The van der Waals surface area contributed by atoms with Gasteiger partial charge in [-0.25, -0.2) is 4.79 Å². The smallest absolute Gasteiger partial charge is 0.334 e. The third-order valence-corrected chi connectivity index (χ3v) is 5.27. The predicted molar refractivity (Wildman–Crippen MR) is 113 cm³/mol. The number of allylic oxidation sites excluding steroid dienone is 1. The monoisotopic (exact) mass is 416 g/mol. The molecule has 0 unspecified atom stereocenters. The van der Waals surface area contributed by atoms with Crippen molar-refractivity contribution in [3.8, 4) is 0 Å². The zero-order valence-corrected chi connectivity index (χ0v) is 18.5. The molecule has 4 atom stereocenters. The van der Waals surface area contributed by atoms with Gasteiger partial charge < -0.3 is 14.2 Å². The third kappa shape index (κ3) is 7.01. The SMILES string of the molecule is C=C1C(=O)O[C@@H]2/C=C(\C)C[C@@H](OC(C)=O)/C=C(\C)C[C@@H](OC(C)=O)/C=C(\C)CC[C@@H]12. The molecule has 0 N–H and O–H groups in total. The zero-order chi connectivity index (χ0) is 22.4. The minimum absolute atomic E-state index is 0.115. The van der Waals surface area contributed by atoms with Gasteiger partial charge in [-0.05, 0) is 51.8 Å².